The normalized spacial score (nSPS) is 11.3. The van der Waals surface area contributed by atoms with E-state index in [1.807, 2.05) is 30.3 Å². The highest BCUT2D eigenvalue weighted by molar-refractivity contribution is 7.92. The third kappa shape index (κ3) is 6.43. The minimum absolute atomic E-state index is 0.126. The maximum Gasteiger partial charge on any atom is 0.345 e. The molecule has 0 heterocycles. The van der Waals surface area contributed by atoms with Crippen molar-refractivity contribution in [2.24, 2.45) is 5.10 Å². The maximum absolute atomic E-state index is 12.8. The standard InChI is InChI=1S/C31H22ClN3O5S/c32-28-13-7-6-12-26(28)31(37)40-29-19-16-21-8-4-5-11-25(21)27(29)20-33-34-30(36)22-14-17-23(18-15-22)35-41(38,39)24-9-2-1-3-10-24/h1-20,35H,(H,34,36)/b33-20-. The summed E-state index contributed by atoms with van der Waals surface area (Å²) < 4.78 is 33.2. The molecule has 5 aromatic rings. The van der Waals surface area contributed by atoms with E-state index < -0.39 is 21.9 Å². The van der Waals surface area contributed by atoms with Crippen LogP contribution in [0.15, 0.2) is 125 Å². The van der Waals surface area contributed by atoms with Crippen molar-refractivity contribution < 1.29 is 22.7 Å². The zero-order valence-corrected chi connectivity index (χ0v) is 22.9. The summed E-state index contributed by atoms with van der Waals surface area (Å²) >= 11 is 6.16. The average Bonchev–Trinajstić information content (AvgIpc) is 2.99. The second-order valence-electron chi connectivity index (χ2n) is 8.76. The Morgan fingerprint density at radius 2 is 1.46 bits per heavy atom. The molecule has 41 heavy (non-hydrogen) atoms. The molecule has 0 aromatic heterocycles. The molecule has 2 N–H and O–H groups in total. The zero-order valence-electron chi connectivity index (χ0n) is 21.3. The molecule has 1 amide bonds. The summed E-state index contributed by atoms with van der Waals surface area (Å²) in [5.74, 6) is -0.914. The molecule has 0 spiro atoms. The number of anilines is 1. The van der Waals surface area contributed by atoms with Gasteiger partial charge in [-0.1, -0.05) is 72.3 Å². The van der Waals surface area contributed by atoms with Gasteiger partial charge in [-0.2, -0.15) is 5.10 Å². The summed E-state index contributed by atoms with van der Waals surface area (Å²) in [6, 6.07) is 31.4. The van der Waals surface area contributed by atoms with Crippen LogP contribution in [0.4, 0.5) is 5.69 Å². The van der Waals surface area contributed by atoms with Gasteiger partial charge < -0.3 is 4.74 Å². The first-order chi connectivity index (χ1) is 19.8. The number of nitrogens with one attached hydrogen (secondary N) is 2. The van der Waals surface area contributed by atoms with E-state index in [9.17, 15) is 18.0 Å². The highest BCUT2D eigenvalue weighted by Crippen LogP contribution is 2.28. The van der Waals surface area contributed by atoms with Gasteiger partial charge in [0.15, 0.2) is 0 Å². The molecule has 10 heteroatoms. The number of amides is 1. The number of nitrogens with zero attached hydrogens (tertiary/aromatic N) is 1. The molecule has 0 saturated carbocycles. The van der Waals surface area contributed by atoms with Crippen LogP contribution >= 0.6 is 11.6 Å². The minimum Gasteiger partial charge on any atom is -0.422 e. The Bertz CT molecular complexity index is 1880. The first-order valence-corrected chi connectivity index (χ1v) is 14.2. The quantitative estimate of drug-likeness (QED) is 0.0966. The molecular formula is C31H22ClN3O5S. The van der Waals surface area contributed by atoms with E-state index in [0.717, 1.165) is 10.8 Å². The molecule has 0 bridgehead atoms. The van der Waals surface area contributed by atoms with Crippen LogP contribution in [0.5, 0.6) is 5.75 Å². The lowest BCUT2D eigenvalue weighted by atomic mass is 10.0. The van der Waals surface area contributed by atoms with Crippen molar-refractivity contribution in [2.75, 3.05) is 4.72 Å². The highest BCUT2D eigenvalue weighted by atomic mass is 35.5. The molecule has 0 aliphatic heterocycles. The van der Waals surface area contributed by atoms with Crippen LogP contribution in [0.3, 0.4) is 0 Å². The molecule has 0 unspecified atom stereocenters. The number of hydrazone groups is 1. The molecule has 0 atom stereocenters. The fraction of sp³-hybridized carbons (Fsp3) is 0. The zero-order chi connectivity index (χ0) is 28.8. The van der Waals surface area contributed by atoms with Crippen molar-refractivity contribution >= 4 is 56.2 Å². The predicted molar refractivity (Wildman–Crippen MR) is 159 cm³/mol. The van der Waals surface area contributed by atoms with Gasteiger partial charge in [0.1, 0.15) is 5.75 Å². The Labute approximate surface area is 241 Å². The van der Waals surface area contributed by atoms with Crippen LogP contribution in [0.2, 0.25) is 5.02 Å². The lowest BCUT2D eigenvalue weighted by Crippen LogP contribution is -2.18. The molecule has 5 aromatic carbocycles. The van der Waals surface area contributed by atoms with Crippen molar-refractivity contribution in [1.82, 2.24) is 5.43 Å². The number of benzene rings is 5. The minimum atomic E-state index is -3.76. The number of carbonyl (C=O) groups is 2. The number of fused-ring (bicyclic) bond motifs is 1. The Kier molecular flexibility index (Phi) is 8.09. The summed E-state index contributed by atoms with van der Waals surface area (Å²) in [6.45, 7) is 0. The monoisotopic (exact) mass is 583 g/mol. The van der Waals surface area contributed by atoms with Crippen LogP contribution in [-0.4, -0.2) is 26.5 Å². The van der Waals surface area contributed by atoms with Crippen LogP contribution < -0.4 is 14.9 Å². The van der Waals surface area contributed by atoms with E-state index >= 15 is 0 Å². The topological polar surface area (TPSA) is 114 Å². The van der Waals surface area contributed by atoms with Gasteiger partial charge in [0.2, 0.25) is 0 Å². The van der Waals surface area contributed by atoms with Crippen molar-refractivity contribution in [3.05, 3.63) is 137 Å². The molecule has 204 valence electrons. The van der Waals surface area contributed by atoms with Gasteiger partial charge in [0, 0.05) is 16.8 Å². The fourth-order valence-electron chi connectivity index (χ4n) is 4.00. The number of esters is 1. The van der Waals surface area contributed by atoms with E-state index in [1.54, 1.807) is 48.5 Å². The molecule has 0 fully saturated rings. The molecule has 0 radical (unpaired) electrons. The van der Waals surface area contributed by atoms with Gasteiger partial charge in [0.25, 0.3) is 15.9 Å². The number of ether oxygens (including phenoxy) is 1. The Morgan fingerprint density at radius 3 is 2.22 bits per heavy atom. The number of sulfonamides is 1. The maximum atomic E-state index is 12.8. The fourth-order valence-corrected chi connectivity index (χ4v) is 5.30. The smallest absolute Gasteiger partial charge is 0.345 e. The SMILES string of the molecule is O=C(N/N=C\c1c(OC(=O)c2ccccc2Cl)ccc2ccccc12)c1ccc(NS(=O)(=O)c2ccccc2)cc1. The van der Waals surface area contributed by atoms with Crippen LogP contribution in [0, 0.1) is 0 Å². The largest absolute Gasteiger partial charge is 0.422 e. The third-order valence-electron chi connectivity index (χ3n) is 6.04. The molecular weight excluding hydrogens is 562 g/mol. The van der Waals surface area contributed by atoms with Gasteiger partial charge in [-0.25, -0.2) is 18.6 Å². The lowest BCUT2D eigenvalue weighted by molar-refractivity contribution is 0.0734. The molecule has 5 rings (SSSR count). The van der Waals surface area contributed by atoms with E-state index in [-0.39, 0.29) is 26.8 Å². The number of hydrogen-bond acceptors (Lipinski definition) is 6. The number of rotatable bonds is 8. The molecule has 8 nitrogen and oxygen atoms in total. The summed E-state index contributed by atoms with van der Waals surface area (Å²) in [5.41, 5.74) is 3.71. The number of carbonyl (C=O) groups excluding carboxylic acids is 2. The van der Waals surface area contributed by atoms with E-state index in [1.165, 1.54) is 42.6 Å². The summed E-state index contributed by atoms with van der Waals surface area (Å²) in [6.07, 6.45) is 1.40. The molecule has 0 saturated heterocycles. The first-order valence-electron chi connectivity index (χ1n) is 12.3. The Morgan fingerprint density at radius 1 is 0.780 bits per heavy atom. The first kappa shape index (κ1) is 27.6. The lowest BCUT2D eigenvalue weighted by Gasteiger charge is -2.11. The van der Waals surface area contributed by atoms with Crippen molar-refractivity contribution in [2.45, 2.75) is 4.90 Å². The second-order valence-corrected chi connectivity index (χ2v) is 10.9. The Balaban J connectivity index is 1.32. The number of halogens is 1. The van der Waals surface area contributed by atoms with Crippen molar-refractivity contribution in [3.8, 4) is 5.75 Å². The van der Waals surface area contributed by atoms with E-state index in [2.05, 4.69) is 15.2 Å². The third-order valence-corrected chi connectivity index (χ3v) is 7.77. The van der Waals surface area contributed by atoms with Gasteiger partial charge >= 0.3 is 5.97 Å². The number of hydrogen-bond donors (Lipinski definition) is 2. The second kappa shape index (κ2) is 12.0. The van der Waals surface area contributed by atoms with E-state index in [4.69, 9.17) is 16.3 Å². The summed E-state index contributed by atoms with van der Waals surface area (Å²) in [4.78, 5) is 25.7. The van der Waals surface area contributed by atoms with E-state index in [0.29, 0.717) is 11.3 Å². The highest BCUT2D eigenvalue weighted by Gasteiger charge is 2.16. The van der Waals surface area contributed by atoms with Gasteiger partial charge in [-0.05, 0) is 65.4 Å². The average molecular weight is 584 g/mol. The van der Waals surface area contributed by atoms with Crippen LogP contribution in [0.1, 0.15) is 26.3 Å². The summed E-state index contributed by atoms with van der Waals surface area (Å²) in [7, 11) is -3.76. The van der Waals surface area contributed by atoms with Gasteiger partial charge in [-0.3, -0.25) is 9.52 Å². The predicted octanol–water partition coefficient (Wildman–Crippen LogP) is 6.28. The van der Waals surface area contributed by atoms with Crippen LogP contribution in [0.25, 0.3) is 10.8 Å². The van der Waals surface area contributed by atoms with Crippen LogP contribution in [-0.2, 0) is 10.0 Å². The molecule has 0 aliphatic carbocycles. The summed E-state index contributed by atoms with van der Waals surface area (Å²) in [5, 5.41) is 5.99. The molecule has 0 aliphatic rings. The van der Waals surface area contributed by atoms with Crippen molar-refractivity contribution in [3.63, 3.8) is 0 Å². The van der Waals surface area contributed by atoms with Gasteiger partial charge in [-0.15, -0.1) is 0 Å². The Hall–Kier alpha value is -4.99. The van der Waals surface area contributed by atoms with Gasteiger partial charge in [0.05, 0.1) is 21.7 Å². The van der Waals surface area contributed by atoms with Crippen molar-refractivity contribution in [1.29, 1.82) is 0 Å².